The normalized spacial score (nSPS) is 19.4. The predicted molar refractivity (Wildman–Crippen MR) is 137 cm³/mol. The number of hydrogen-bond donors (Lipinski definition) is 2. The molecule has 0 amide bonds. The van der Waals surface area contributed by atoms with Crippen molar-refractivity contribution in [3.8, 4) is 0 Å². The highest BCUT2D eigenvalue weighted by atomic mass is 35.5. The topological polar surface area (TPSA) is 121 Å². The van der Waals surface area contributed by atoms with E-state index in [1.807, 2.05) is 30.3 Å². The van der Waals surface area contributed by atoms with Crippen LogP contribution in [0.25, 0.3) is 0 Å². The van der Waals surface area contributed by atoms with E-state index in [0.29, 0.717) is 12.1 Å². The van der Waals surface area contributed by atoms with Gasteiger partial charge < -0.3 is 10.4 Å². The molecule has 0 spiro atoms. The lowest BCUT2D eigenvalue weighted by atomic mass is 10.1. The van der Waals surface area contributed by atoms with Crippen LogP contribution in [0.15, 0.2) is 83.8 Å². The van der Waals surface area contributed by atoms with Crippen LogP contribution in [0.1, 0.15) is 21.5 Å². The van der Waals surface area contributed by atoms with Gasteiger partial charge in [-0.1, -0.05) is 72.3 Å². The number of sulfonamides is 1. The van der Waals surface area contributed by atoms with Crippen molar-refractivity contribution in [2.24, 2.45) is 0 Å². The molecule has 1 fully saturated rings. The zero-order chi connectivity index (χ0) is 25.9. The van der Waals surface area contributed by atoms with E-state index in [1.165, 1.54) is 12.1 Å². The third-order valence-corrected chi connectivity index (χ3v) is 10.1. The predicted octanol–water partition coefficient (Wildman–Crippen LogP) is 3.18. The number of carboxylic acids is 1. The van der Waals surface area contributed by atoms with Crippen LogP contribution in [-0.4, -0.2) is 55.8 Å². The van der Waals surface area contributed by atoms with Crippen LogP contribution < -0.4 is 5.32 Å². The Bertz CT molecular complexity index is 1450. The highest BCUT2D eigenvalue weighted by Crippen LogP contribution is 2.32. The number of rotatable bonds is 9. The van der Waals surface area contributed by atoms with Crippen molar-refractivity contribution in [1.29, 1.82) is 0 Å². The van der Waals surface area contributed by atoms with E-state index in [4.69, 9.17) is 11.6 Å². The van der Waals surface area contributed by atoms with Crippen LogP contribution in [0.5, 0.6) is 0 Å². The minimum Gasteiger partial charge on any atom is -0.478 e. The van der Waals surface area contributed by atoms with Crippen LogP contribution in [0, 0.1) is 0 Å². The lowest BCUT2D eigenvalue weighted by molar-refractivity contribution is 0.0696. The molecule has 36 heavy (non-hydrogen) atoms. The van der Waals surface area contributed by atoms with Crippen molar-refractivity contribution in [2.45, 2.75) is 30.1 Å². The van der Waals surface area contributed by atoms with Crippen molar-refractivity contribution >= 4 is 37.4 Å². The standard InChI is InChI=1S/C25H25ClN2O6S2/c26-21-12-11-20(25(29)30)13-24(21)36(33,34)28(15-19-9-5-2-6-10-19)23-17-35(31,32)16-22(23)27-14-18-7-3-1-4-8-18/h1-13,22-23,27H,14-17H2,(H,29,30)/t22-,23+/m0/s1. The van der Waals surface area contributed by atoms with Crippen LogP contribution in [-0.2, 0) is 33.0 Å². The van der Waals surface area contributed by atoms with Crippen molar-refractivity contribution in [1.82, 2.24) is 9.62 Å². The maximum Gasteiger partial charge on any atom is 0.335 e. The van der Waals surface area contributed by atoms with Gasteiger partial charge in [0, 0.05) is 19.1 Å². The number of benzene rings is 3. The van der Waals surface area contributed by atoms with Crippen molar-refractivity contribution in [3.05, 3.63) is 101 Å². The molecular formula is C25H25ClN2O6S2. The molecule has 11 heteroatoms. The number of aromatic carboxylic acids is 1. The van der Waals surface area contributed by atoms with E-state index in [0.717, 1.165) is 15.9 Å². The Morgan fingerprint density at radius 3 is 2.19 bits per heavy atom. The molecule has 3 aromatic carbocycles. The van der Waals surface area contributed by atoms with Crippen LogP contribution in [0.2, 0.25) is 5.02 Å². The maximum absolute atomic E-state index is 14.0. The minimum atomic E-state index is -4.40. The van der Waals surface area contributed by atoms with Gasteiger partial charge in [0.2, 0.25) is 10.0 Å². The SMILES string of the molecule is O=C(O)c1ccc(Cl)c(S(=O)(=O)N(Cc2ccccc2)[C@@H]2CS(=O)(=O)C[C@@H]2NCc2ccccc2)c1. The zero-order valence-corrected chi connectivity index (χ0v) is 21.5. The summed E-state index contributed by atoms with van der Waals surface area (Å²) in [5.74, 6) is -1.90. The molecule has 3 aromatic rings. The molecule has 4 rings (SSSR count). The van der Waals surface area contributed by atoms with E-state index >= 15 is 0 Å². The second kappa shape index (κ2) is 10.7. The Kier molecular flexibility index (Phi) is 7.82. The fraction of sp³-hybridized carbons (Fsp3) is 0.240. The molecule has 0 saturated carbocycles. The molecule has 0 aromatic heterocycles. The summed E-state index contributed by atoms with van der Waals surface area (Å²) in [6.45, 7) is 0.243. The van der Waals surface area contributed by atoms with Gasteiger partial charge in [-0.05, 0) is 29.3 Å². The smallest absolute Gasteiger partial charge is 0.335 e. The van der Waals surface area contributed by atoms with Gasteiger partial charge in [0.15, 0.2) is 9.84 Å². The van der Waals surface area contributed by atoms with Gasteiger partial charge in [-0.3, -0.25) is 0 Å². The van der Waals surface area contributed by atoms with E-state index in [-0.39, 0.29) is 33.5 Å². The molecule has 0 unspecified atom stereocenters. The third-order valence-electron chi connectivity index (χ3n) is 6.05. The first-order valence-corrected chi connectivity index (χ1v) is 14.8. The summed E-state index contributed by atoms with van der Waals surface area (Å²) in [5, 5.41) is 12.5. The molecule has 0 bridgehead atoms. The Labute approximate surface area is 215 Å². The molecule has 190 valence electrons. The van der Waals surface area contributed by atoms with E-state index in [1.54, 1.807) is 30.3 Å². The highest BCUT2D eigenvalue weighted by molar-refractivity contribution is 7.92. The molecule has 1 heterocycles. The largest absolute Gasteiger partial charge is 0.478 e. The van der Waals surface area contributed by atoms with Crippen LogP contribution in [0.3, 0.4) is 0 Å². The lowest BCUT2D eigenvalue weighted by Gasteiger charge is -2.32. The Hall–Kier alpha value is -2.76. The summed E-state index contributed by atoms with van der Waals surface area (Å²) in [6.07, 6.45) is 0. The lowest BCUT2D eigenvalue weighted by Crippen LogP contribution is -2.51. The zero-order valence-electron chi connectivity index (χ0n) is 19.1. The van der Waals surface area contributed by atoms with Crippen molar-refractivity contribution in [3.63, 3.8) is 0 Å². The first-order chi connectivity index (χ1) is 17.1. The average molecular weight is 549 g/mol. The van der Waals surface area contributed by atoms with Crippen LogP contribution >= 0.6 is 11.6 Å². The number of sulfone groups is 1. The van der Waals surface area contributed by atoms with Gasteiger partial charge in [-0.25, -0.2) is 21.6 Å². The van der Waals surface area contributed by atoms with Gasteiger partial charge >= 0.3 is 5.97 Å². The van der Waals surface area contributed by atoms with Crippen molar-refractivity contribution < 1.29 is 26.7 Å². The van der Waals surface area contributed by atoms with E-state index < -0.39 is 37.9 Å². The summed E-state index contributed by atoms with van der Waals surface area (Å²) in [7, 11) is -7.96. The first kappa shape index (κ1) is 26.3. The second-order valence-electron chi connectivity index (χ2n) is 8.60. The van der Waals surface area contributed by atoms with Gasteiger partial charge in [0.05, 0.1) is 28.1 Å². The fourth-order valence-corrected chi connectivity index (χ4v) is 8.46. The summed E-state index contributed by atoms with van der Waals surface area (Å²) >= 11 is 6.24. The molecule has 1 saturated heterocycles. The number of nitrogens with one attached hydrogen (secondary N) is 1. The summed E-state index contributed by atoms with van der Waals surface area (Å²) in [4.78, 5) is 11.1. The Balaban J connectivity index is 1.76. The molecule has 0 radical (unpaired) electrons. The van der Waals surface area contributed by atoms with Crippen LogP contribution in [0.4, 0.5) is 0 Å². The average Bonchev–Trinajstić information content (AvgIpc) is 3.16. The van der Waals surface area contributed by atoms with E-state index in [9.17, 15) is 26.7 Å². The minimum absolute atomic E-state index is 0.111. The quantitative estimate of drug-likeness (QED) is 0.421. The summed E-state index contributed by atoms with van der Waals surface area (Å²) < 4.78 is 54.5. The number of nitrogens with zero attached hydrogens (tertiary/aromatic N) is 1. The van der Waals surface area contributed by atoms with Gasteiger partial charge in [0.1, 0.15) is 4.90 Å². The second-order valence-corrected chi connectivity index (χ2v) is 13.0. The van der Waals surface area contributed by atoms with Crippen molar-refractivity contribution in [2.75, 3.05) is 11.5 Å². The molecule has 1 aliphatic rings. The van der Waals surface area contributed by atoms with Gasteiger partial charge in [-0.2, -0.15) is 4.31 Å². The summed E-state index contributed by atoms with van der Waals surface area (Å²) in [5.41, 5.74) is 1.34. The summed E-state index contributed by atoms with van der Waals surface area (Å²) in [6, 6.07) is 20.0. The molecule has 1 aliphatic heterocycles. The number of hydrogen-bond acceptors (Lipinski definition) is 6. The fourth-order valence-electron chi connectivity index (χ4n) is 4.26. The number of carbonyl (C=O) groups is 1. The molecule has 2 atom stereocenters. The number of carboxylic acid groups (broad SMARTS) is 1. The van der Waals surface area contributed by atoms with Gasteiger partial charge in [0.25, 0.3) is 0 Å². The molecule has 0 aliphatic carbocycles. The Morgan fingerprint density at radius 1 is 0.972 bits per heavy atom. The van der Waals surface area contributed by atoms with Gasteiger partial charge in [-0.15, -0.1) is 0 Å². The molecule has 8 nitrogen and oxygen atoms in total. The van der Waals surface area contributed by atoms with E-state index in [2.05, 4.69) is 5.32 Å². The maximum atomic E-state index is 14.0. The molecule has 2 N–H and O–H groups in total. The third kappa shape index (κ3) is 5.96. The number of halogens is 1. The first-order valence-electron chi connectivity index (χ1n) is 11.1. The highest BCUT2D eigenvalue weighted by Gasteiger charge is 2.45. The Morgan fingerprint density at radius 2 is 1.58 bits per heavy atom. The molecular weight excluding hydrogens is 524 g/mol. The monoisotopic (exact) mass is 548 g/mol.